The highest BCUT2D eigenvalue weighted by atomic mass is 35.5. The van der Waals surface area contributed by atoms with Crippen molar-refractivity contribution in [3.8, 4) is 0 Å². The van der Waals surface area contributed by atoms with Crippen LogP contribution in [-0.4, -0.2) is 73.0 Å². The first-order chi connectivity index (χ1) is 20.4. The summed E-state index contributed by atoms with van der Waals surface area (Å²) in [5.74, 6) is 1.39. The third-order valence-electron chi connectivity index (χ3n) is 9.39. The number of carbonyl (C=O) groups excluding carboxylic acids is 2. The third kappa shape index (κ3) is 5.82. The molecule has 8 heterocycles. The van der Waals surface area contributed by atoms with Gasteiger partial charge in [0.25, 0.3) is 11.8 Å². The number of carbonyl (C=O) groups is 2. The topological polar surface area (TPSA) is 64.7 Å². The van der Waals surface area contributed by atoms with Crippen LogP contribution in [-0.2, 0) is 0 Å². The van der Waals surface area contributed by atoms with Gasteiger partial charge in [0.05, 0.1) is 29.2 Å². The molecule has 0 saturated carbocycles. The zero-order valence-electron chi connectivity index (χ0n) is 23.3. The average Bonchev–Trinajstić information content (AvgIpc) is 3.66. The van der Waals surface area contributed by atoms with E-state index in [1.54, 1.807) is 0 Å². The normalized spacial score (nSPS) is 28.0. The maximum absolute atomic E-state index is 12.5. The first-order valence-corrected chi connectivity index (χ1v) is 17.2. The average molecular weight is 642 g/mol. The number of benzene rings is 2. The Morgan fingerprint density at radius 2 is 1.07 bits per heavy atom. The van der Waals surface area contributed by atoms with Crippen LogP contribution in [0.3, 0.4) is 0 Å². The van der Waals surface area contributed by atoms with Crippen molar-refractivity contribution in [3.05, 3.63) is 68.3 Å². The fraction of sp³-hybridized carbons (Fsp3) is 0.438. The zero-order valence-corrected chi connectivity index (χ0v) is 26.4. The maximum atomic E-state index is 12.5. The van der Waals surface area contributed by atoms with Gasteiger partial charge in [0.1, 0.15) is 0 Å². The third-order valence-corrected chi connectivity index (χ3v) is 12.6. The van der Waals surface area contributed by atoms with Crippen molar-refractivity contribution in [2.45, 2.75) is 37.8 Å². The second-order valence-corrected chi connectivity index (χ2v) is 14.9. The lowest BCUT2D eigenvalue weighted by Crippen LogP contribution is -2.57. The number of thiophene rings is 2. The quantitative estimate of drug-likeness (QED) is 0.259. The number of rotatable bonds is 4. The summed E-state index contributed by atoms with van der Waals surface area (Å²) >= 11 is 15.3. The number of piperidine rings is 6. The Labute approximate surface area is 264 Å². The van der Waals surface area contributed by atoms with Gasteiger partial charge in [-0.2, -0.15) is 0 Å². The molecule has 0 unspecified atom stereocenters. The van der Waals surface area contributed by atoms with Crippen LogP contribution < -0.4 is 10.6 Å². The van der Waals surface area contributed by atoms with Gasteiger partial charge in [0, 0.05) is 25.2 Å². The summed E-state index contributed by atoms with van der Waals surface area (Å²) in [6.07, 6.45) is 4.85. The van der Waals surface area contributed by atoms with Crippen LogP contribution >= 0.6 is 45.9 Å². The van der Waals surface area contributed by atoms with E-state index in [2.05, 4.69) is 20.4 Å². The number of nitrogens with one attached hydrogen (secondary N) is 2. The van der Waals surface area contributed by atoms with Crippen molar-refractivity contribution in [2.75, 3.05) is 39.3 Å². The van der Waals surface area contributed by atoms with Gasteiger partial charge in [-0.05, 0) is 98.7 Å². The largest absolute Gasteiger partial charge is 0.347 e. The summed E-state index contributed by atoms with van der Waals surface area (Å²) in [7, 11) is 0. The molecule has 10 heteroatoms. The van der Waals surface area contributed by atoms with Gasteiger partial charge in [0.2, 0.25) is 0 Å². The molecule has 4 bridgehead atoms. The molecular weight excluding hydrogens is 607 g/mol. The van der Waals surface area contributed by atoms with Crippen molar-refractivity contribution >= 4 is 77.9 Å². The zero-order chi connectivity index (χ0) is 28.8. The number of halogens is 2. The highest BCUT2D eigenvalue weighted by Crippen LogP contribution is 2.34. The fourth-order valence-corrected chi connectivity index (χ4v) is 9.55. The molecule has 6 aliphatic heterocycles. The molecule has 2 atom stereocenters. The summed E-state index contributed by atoms with van der Waals surface area (Å²) in [4.78, 5) is 31.4. The van der Waals surface area contributed by atoms with Gasteiger partial charge >= 0.3 is 0 Å². The van der Waals surface area contributed by atoms with E-state index in [-0.39, 0.29) is 11.8 Å². The lowest BCUT2D eigenvalue weighted by Gasteiger charge is -2.44. The number of hydrogen-bond acceptors (Lipinski definition) is 6. The highest BCUT2D eigenvalue weighted by molar-refractivity contribution is 7.21. The molecule has 6 saturated heterocycles. The number of hydrogen-bond donors (Lipinski definition) is 2. The molecule has 2 amide bonds. The van der Waals surface area contributed by atoms with Crippen LogP contribution in [0.1, 0.15) is 45.0 Å². The van der Waals surface area contributed by atoms with Crippen LogP contribution in [0.25, 0.3) is 20.2 Å². The lowest BCUT2D eigenvalue weighted by atomic mass is 9.84. The molecule has 2 N–H and O–H groups in total. The van der Waals surface area contributed by atoms with E-state index in [4.69, 9.17) is 23.2 Å². The van der Waals surface area contributed by atoms with E-state index in [1.165, 1.54) is 74.5 Å². The van der Waals surface area contributed by atoms with Gasteiger partial charge in [-0.15, -0.1) is 22.7 Å². The molecule has 6 aliphatic rings. The first kappa shape index (κ1) is 28.6. The molecule has 220 valence electrons. The van der Waals surface area contributed by atoms with E-state index in [9.17, 15) is 9.59 Å². The van der Waals surface area contributed by atoms with Crippen LogP contribution in [0, 0.1) is 11.8 Å². The molecule has 0 radical (unpaired) electrons. The monoisotopic (exact) mass is 640 g/mol. The van der Waals surface area contributed by atoms with Crippen LogP contribution in [0.15, 0.2) is 48.5 Å². The smallest absolute Gasteiger partial charge is 0.261 e. The van der Waals surface area contributed by atoms with Gasteiger partial charge in [-0.3, -0.25) is 9.59 Å². The summed E-state index contributed by atoms with van der Waals surface area (Å²) < 4.78 is 2.00. The molecule has 2 aromatic carbocycles. The molecule has 6 nitrogen and oxygen atoms in total. The summed E-state index contributed by atoms with van der Waals surface area (Å²) in [6, 6.07) is 16.1. The Hall–Kier alpha value is -2.20. The fourth-order valence-electron chi connectivity index (χ4n) is 7.02. The van der Waals surface area contributed by atoms with Crippen LogP contribution in [0.5, 0.6) is 0 Å². The van der Waals surface area contributed by atoms with Gasteiger partial charge in [-0.1, -0.05) is 47.5 Å². The summed E-state index contributed by atoms with van der Waals surface area (Å²) in [5.41, 5.74) is 0. The van der Waals surface area contributed by atoms with Crippen molar-refractivity contribution in [3.63, 3.8) is 0 Å². The Bertz CT molecular complexity index is 1500. The molecule has 0 spiro atoms. The Balaban J connectivity index is 0.000000137. The Morgan fingerprint density at radius 1 is 0.667 bits per heavy atom. The van der Waals surface area contributed by atoms with Crippen molar-refractivity contribution < 1.29 is 9.59 Å². The summed E-state index contributed by atoms with van der Waals surface area (Å²) in [5, 5.41) is 10.0. The van der Waals surface area contributed by atoms with Gasteiger partial charge < -0.3 is 20.4 Å². The molecule has 10 rings (SSSR count). The van der Waals surface area contributed by atoms with Crippen LogP contribution in [0.4, 0.5) is 0 Å². The highest BCUT2D eigenvalue weighted by Gasteiger charge is 2.36. The van der Waals surface area contributed by atoms with E-state index in [0.717, 1.165) is 53.1 Å². The number of fused-ring (bicyclic) bond motifs is 8. The van der Waals surface area contributed by atoms with E-state index in [1.807, 2.05) is 48.5 Å². The van der Waals surface area contributed by atoms with E-state index < -0.39 is 0 Å². The standard InChI is InChI=1S/2C16H17ClN2OS/c2*17-12-3-1-2-11-8-14(21-15(11)12)16(20)18-13-9-19-6-4-10(13)5-7-19/h2*1-3,8,10,13H,4-7,9H2,(H,18,20)/t2*13-/m00/s1. The minimum Gasteiger partial charge on any atom is -0.347 e. The molecular formula is C32H34Cl2N4O2S2. The van der Waals surface area contributed by atoms with Crippen molar-refractivity contribution in [1.82, 2.24) is 20.4 Å². The predicted octanol–water partition coefficient (Wildman–Crippen LogP) is 6.76. The second kappa shape index (κ2) is 12.1. The number of nitrogens with zero attached hydrogens (tertiary/aromatic N) is 2. The van der Waals surface area contributed by atoms with Crippen molar-refractivity contribution in [1.29, 1.82) is 0 Å². The summed E-state index contributed by atoms with van der Waals surface area (Å²) in [6.45, 7) is 6.76. The SMILES string of the molecule is O=C(N[C@H]1CN2CCC1CC2)c1cc2cccc(Cl)c2s1.O=C(N[C@H]1CN2CCC1CC2)c1cc2cccc(Cl)c2s1. The maximum Gasteiger partial charge on any atom is 0.261 e. The first-order valence-electron chi connectivity index (χ1n) is 14.8. The molecule has 0 aliphatic carbocycles. The minimum atomic E-state index is 0.0472. The van der Waals surface area contributed by atoms with E-state index >= 15 is 0 Å². The predicted molar refractivity (Wildman–Crippen MR) is 175 cm³/mol. The molecule has 4 aromatic rings. The Kier molecular flexibility index (Phi) is 8.20. The van der Waals surface area contributed by atoms with Gasteiger partial charge in [0.15, 0.2) is 0 Å². The van der Waals surface area contributed by atoms with E-state index in [0.29, 0.717) is 23.9 Å². The molecule has 2 aromatic heterocycles. The van der Waals surface area contributed by atoms with Gasteiger partial charge in [-0.25, -0.2) is 0 Å². The lowest BCUT2D eigenvalue weighted by molar-refractivity contribution is 0.0619. The minimum absolute atomic E-state index is 0.0472. The second-order valence-electron chi connectivity index (χ2n) is 12.0. The molecule has 42 heavy (non-hydrogen) atoms. The van der Waals surface area contributed by atoms with Crippen LogP contribution in [0.2, 0.25) is 10.0 Å². The van der Waals surface area contributed by atoms with Crippen molar-refractivity contribution in [2.24, 2.45) is 11.8 Å². The Morgan fingerprint density at radius 3 is 1.40 bits per heavy atom. The number of amides is 2. The molecule has 6 fully saturated rings.